The van der Waals surface area contributed by atoms with E-state index in [1.54, 1.807) is 0 Å². The third kappa shape index (κ3) is 6.53. The van der Waals surface area contributed by atoms with Gasteiger partial charge in [-0.3, -0.25) is 14.5 Å². The van der Waals surface area contributed by atoms with Gasteiger partial charge < -0.3 is 15.4 Å². The molecule has 6 heteroatoms. The highest BCUT2D eigenvalue weighted by molar-refractivity contribution is 5.94. The van der Waals surface area contributed by atoms with Crippen molar-refractivity contribution in [3.8, 4) is 0 Å². The van der Waals surface area contributed by atoms with Gasteiger partial charge in [-0.25, -0.2) is 0 Å². The van der Waals surface area contributed by atoms with Crippen LogP contribution in [0.1, 0.15) is 75.2 Å². The van der Waals surface area contributed by atoms with Crippen molar-refractivity contribution in [1.82, 2.24) is 15.5 Å². The first-order valence-electron chi connectivity index (χ1n) is 11.8. The number of hydrogen-bond acceptors (Lipinski definition) is 4. The average molecular weight is 430 g/mol. The Balaban J connectivity index is 1.44. The van der Waals surface area contributed by atoms with E-state index < -0.39 is 0 Å². The standard InChI is InChI=1S/C25H39N3O3/c1-24(2,3)21-9-7-20(8-10-21)23(30)26-14-11-22(29)27-19-25(12-5-4-6-13-25)28-15-17-31-18-16-28/h7-10H,4-6,11-19H2,1-3H3,(H,26,30)(H,27,29). The van der Waals surface area contributed by atoms with Crippen LogP contribution in [-0.4, -0.2) is 61.6 Å². The Kier molecular flexibility index (Phi) is 8.11. The Bertz CT molecular complexity index is 727. The molecule has 0 atom stereocenters. The van der Waals surface area contributed by atoms with E-state index >= 15 is 0 Å². The van der Waals surface area contributed by atoms with Crippen LogP contribution in [0, 0.1) is 0 Å². The van der Waals surface area contributed by atoms with E-state index in [1.165, 1.54) is 24.8 Å². The first-order valence-corrected chi connectivity index (χ1v) is 11.8. The van der Waals surface area contributed by atoms with Gasteiger partial charge in [0.2, 0.25) is 5.91 Å². The summed E-state index contributed by atoms with van der Waals surface area (Å²) < 4.78 is 5.53. The highest BCUT2D eigenvalue weighted by atomic mass is 16.5. The molecule has 0 aromatic heterocycles. The van der Waals surface area contributed by atoms with Gasteiger partial charge >= 0.3 is 0 Å². The number of nitrogens with one attached hydrogen (secondary N) is 2. The van der Waals surface area contributed by atoms with Crippen LogP contribution in [0.5, 0.6) is 0 Å². The SMILES string of the molecule is CC(C)(C)c1ccc(C(=O)NCCC(=O)NCC2(N3CCOCC3)CCCCC2)cc1. The predicted molar refractivity (Wildman–Crippen MR) is 123 cm³/mol. The first-order chi connectivity index (χ1) is 14.8. The van der Waals surface area contributed by atoms with Crippen molar-refractivity contribution in [3.05, 3.63) is 35.4 Å². The van der Waals surface area contributed by atoms with Crippen molar-refractivity contribution in [2.24, 2.45) is 0 Å². The van der Waals surface area contributed by atoms with Crippen LogP contribution in [0.4, 0.5) is 0 Å². The smallest absolute Gasteiger partial charge is 0.251 e. The van der Waals surface area contributed by atoms with Gasteiger partial charge in [0.25, 0.3) is 5.91 Å². The fourth-order valence-electron chi connectivity index (χ4n) is 4.72. The number of hydrogen-bond donors (Lipinski definition) is 2. The molecule has 1 aromatic carbocycles. The van der Waals surface area contributed by atoms with Crippen molar-refractivity contribution in [2.75, 3.05) is 39.4 Å². The molecular formula is C25H39N3O3. The highest BCUT2D eigenvalue weighted by Crippen LogP contribution is 2.33. The first kappa shape index (κ1) is 23.7. The third-order valence-electron chi connectivity index (χ3n) is 6.73. The number of morpholine rings is 1. The maximum absolute atomic E-state index is 12.5. The van der Waals surface area contributed by atoms with E-state index in [1.807, 2.05) is 24.3 Å². The molecule has 2 fully saturated rings. The largest absolute Gasteiger partial charge is 0.379 e. The van der Waals surface area contributed by atoms with Crippen molar-refractivity contribution in [3.63, 3.8) is 0 Å². The summed E-state index contributed by atoms with van der Waals surface area (Å²) in [6, 6.07) is 7.70. The molecule has 0 bridgehead atoms. The second-order valence-corrected chi connectivity index (χ2v) is 9.99. The molecule has 2 amide bonds. The molecule has 1 saturated heterocycles. The van der Waals surface area contributed by atoms with Crippen molar-refractivity contribution in [1.29, 1.82) is 0 Å². The Hall–Kier alpha value is -1.92. The van der Waals surface area contributed by atoms with Gasteiger partial charge in [0, 0.05) is 43.7 Å². The third-order valence-corrected chi connectivity index (χ3v) is 6.73. The zero-order chi connectivity index (χ0) is 22.3. The Morgan fingerprint density at radius 2 is 1.65 bits per heavy atom. The van der Waals surface area contributed by atoms with E-state index in [9.17, 15) is 9.59 Å². The number of rotatable bonds is 7. The zero-order valence-electron chi connectivity index (χ0n) is 19.5. The summed E-state index contributed by atoms with van der Waals surface area (Å²) >= 11 is 0. The van der Waals surface area contributed by atoms with E-state index in [2.05, 4.69) is 36.3 Å². The molecule has 1 aliphatic heterocycles. The molecule has 172 valence electrons. The Morgan fingerprint density at radius 3 is 2.26 bits per heavy atom. The molecule has 6 nitrogen and oxygen atoms in total. The quantitative estimate of drug-likeness (QED) is 0.698. The minimum Gasteiger partial charge on any atom is -0.379 e. The van der Waals surface area contributed by atoms with Gasteiger partial charge in [-0.1, -0.05) is 52.2 Å². The van der Waals surface area contributed by atoms with Crippen LogP contribution < -0.4 is 10.6 Å². The van der Waals surface area contributed by atoms with E-state index in [0.717, 1.165) is 39.1 Å². The van der Waals surface area contributed by atoms with Crippen LogP contribution in [0.2, 0.25) is 0 Å². The fourth-order valence-corrected chi connectivity index (χ4v) is 4.72. The Labute approximate surface area is 187 Å². The minimum atomic E-state index is -0.134. The molecule has 3 rings (SSSR count). The lowest BCUT2D eigenvalue weighted by Gasteiger charge is -2.48. The van der Waals surface area contributed by atoms with Crippen LogP contribution in [0.25, 0.3) is 0 Å². The molecule has 1 aliphatic carbocycles. The maximum Gasteiger partial charge on any atom is 0.251 e. The molecule has 1 aromatic rings. The van der Waals surface area contributed by atoms with E-state index in [0.29, 0.717) is 25.1 Å². The summed E-state index contributed by atoms with van der Waals surface area (Å²) in [5.74, 6) is -0.132. The van der Waals surface area contributed by atoms with Crippen molar-refractivity contribution >= 4 is 11.8 Å². The van der Waals surface area contributed by atoms with Gasteiger partial charge in [-0.2, -0.15) is 0 Å². The van der Waals surface area contributed by atoms with Gasteiger partial charge in [0.15, 0.2) is 0 Å². The normalized spacial score (nSPS) is 19.6. The number of ether oxygens (including phenoxy) is 1. The number of carbonyl (C=O) groups is 2. The van der Waals surface area contributed by atoms with Crippen LogP contribution in [-0.2, 0) is 14.9 Å². The number of carbonyl (C=O) groups excluding carboxylic acids is 2. The summed E-state index contributed by atoms with van der Waals surface area (Å²) in [6.07, 6.45) is 6.28. The molecule has 0 radical (unpaired) electrons. The highest BCUT2D eigenvalue weighted by Gasteiger charge is 2.38. The summed E-state index contributed by atoms with van der Waals surface area (Å²) in [7, 11) is 0. The predicted octanol–water partition coefficient (Wildman–Crippen LogP) is 3.26. The van der Waals surface area contributed by atoms with Crippen LogP contribution in [0.3, 0.4) is 0 Å². The molecule has 31 heavy (non-hydrogen) atoms. The number of amides is 2. The molecule has 0 spiro atoms. The van der Waals surface area contributed by atoms with Crippen LogP contribution >= 0.6 is 0 Å². The number of nitrogens with zero attached hydrogens (tertiary/aromatic N) is 1. The lowest BCUT2D eigenvalue weighted by molar-refractivity contribution is -0.122. The fraction of sp³-hybridized carbons (Fsp3) is 0.680. The zero-order valence-corrected chi connectivity index (χ0v) is 19.5. The van der Waals surface area contributed by atoms with Gasteiger partial charge in [0.05, 0.1) is 13.2 Å². The summed E-state index contributed by atoms with van der Waals surface area (Å²) in [5, 5.41) is 6.03. The van der Waals surface area contributed by atoms with Crippen molar-refractivity contribution < 1.29 is 14.3 Å². The molecule has 2 N–H and O–H groups in total. The summed E-state index contributed by atoms with van der Waals surface area (Å²) in [4.78, 5) is 27.4. The second kappa shape index (κ2) is 10.6. The lowest BCUT2D eigenvalue weighted by Crippen LogP contribution is -2.59. The molecule has 1 saturated carbocycles. The number of benzene rings is 1. The van der Waals surface area contributed by atoms with Gasteiger partial charge in [-0.05, 0) is 36.0 Å². The van der Waals surface area contributed by atoms with Gasteiger partial charge in [0.1, 0.15) is 0 Å². The monoisotopic (exact) mass is 429 g/mol. The molecular weight excluding hydrogens is 390 g/mol. The maximum atomic E-state index is 12.5. The minimum absolute atomic E-state index is 0.00147. The van der Waals surface area contributed by atoms with E-state index in [4.69, 9.17) is 4.74 Å². The lowest BCUT2D eigenvalue weighted by atomic mass is 9.79. The summed E-state index contributed by atoms with van der Waals surface area (Å²) in [6.45, 7) is 10.9. The molecule has 1 heterocycles. The topological polar surface area (TPSA) is 70.7 Å². The van der Waals surface area contributed by atoms with E-state index in [-0.39, 0.29) is 22.8 Å². The van der Waals surface area contributed by atoms with Crippen LogP contribution in [0.15, 0.2) is 24.3 Å². The summed E-state index contributed by atoms with van der Waals surface area (Å²) in [5.41, 5.74) is 1.95. The second-order valence-electron chi connectivity index (χ2n) is 9.99. The molecule has 0 unspecified atom stereocenters. The Morgan fingerprint density at radius 1 is 1.00 bits per heavy atom. The average Bonchev–Trinajstić information content (AvgIpc) is 2.78. The van der Waals surface area contributed by atoms with Gasteiger partial charge in [-0.15, -0.1) is 0 Å². The molecule has 2 aliphatic rings. The van der Waals surface area contributed by atoms with Crippen molar-refractivity contribution in [2.45, 2.75) is 70.3 Å².